The summed E-state index contributed by atoms with van der Waals surface area (Å²) in [6.07, 6.45) is 6.22. The number of ether oxygens (including phenoxy) is 1. The first-order valence-corrected chi connectivity index (χ1v) is 7.44. The maximum Gasteiger partial charge on any atom is 0.223 e. The second-order valence-electron chi connectivity index (χ2n) is 4.56. The van der Waals surface area contributed by atoms with Crippen molar-refractivity contribution in [1.29, 1.82) is 0 Å². The van der Waals surface area contributed by atoms with Crippen molar-refractivity contribution < 1.29 is 9.47 Å². The lowest BCUT2D eigenvalue weighted by Gasteiger charge is -2.08. The molecule has 0 N–H and O–H groups in total. The van der Waals surface area contributed by atoms with Crippen LogP contribution in [0.1, 0.15) is 5.56 Å². The molecule has 0 aliphatic heterocycles. The van der Waals surface area contributed by atoms with Gasteiger partial charge in [0.15, 0.2) is 11.9 Å². The molecule has 0 aliphatic rings. The van der Waals surface area contributed by atoms with E-state index < -0.39 is 0 Å². The molecule has 0 saturated heterocycles. The topological polar surface area (TPSA) is 62.0 Å². The summed E-state index contributed by atoms with van der Waals surface area (Å²) in [4.78, 5) is 9.14. The first-order valence-electron chi connectivity index (χ1n) is 6.63. The minimum absolute atomic E-state index is 0.442. The molecule has 0 aliphatic carbocycles. The molecule has 0 fully saturated rings. The predicted molar refractivity (Wildman–Crippen MR) is 82.8 cm³/mol. The average Bonchev–Trinajstić information content (AvgIpc) is 2.50. The molecule has 5 nitrogen and oxygen atoms in total. The van der Waals surface area contributed by atoms with E-state index in [0.717, 1.165) is 20.2 Å². The quantitative estimate of drug-likeness (QED) is 0.546. The maximum atomic E-state index is 11.8. The van der Waals surface area contributed by atoms with Crippen LogP contribution in [0.25, 0.3) is 0 Å². The number of pyridine rings is 3. The summed E-state index contributed by atoms with van der Waals surface area (Å²) in [5.41, 5.74) is 0.905. The fourth-order valence-electron chi connectivity index (χ4n) is 1.83. The highest BCUT2D eigenvalue weighted by molar-refractivity contribution is 7.99. The summed E-state index contributed by atoms with van der Waals surface area (Å²) in [6, 6.07) is 11.2. The van der Waals surface area contributed by atoms with Crippen LogP contribution in [0.5, 0.6) is 11.6 Å². The van der Waals surface area contributed by atoms with Crippen LogP contribution in [0, 0.1) is 12.1 Å². The molecular formula is C16H13N3O2S. The van der Waals surface area contributed by atoms with Crippen molar-refractivity contribution in [2.75, 3.05) is 0 Å². The van der Waals surface area contributed by atoms with E-state index in [0.29, 0.717) is 11.6 Å². The molecule has 0 spiro atoms. The third-order valence-electron chi connectivity index (χ3n) is 2.83. The van der Waals surface area contributed by atoms with Gasteiger partial charge in [-0.3, -0.25) is 0 Å². The van der Waals surface area contributed by atoms with E-state index in [1.165, 1.54) is 24.2 Å². The molecule has 0 bridgehead atoms. The van der Waals surface area contributed by atoms with Gasteiger partial charge in [0.2, 0.25) is 12.1 Å². The van der Waals surface area contributed by atoms with Crippen molar-refractivity contribution in [2.24, 2.45) is 0 Å². The number of aromatic nitrogens is 3. The first kappa shape index (κ1) is 14.3. The molecule has 3 aromatic heterocycles. The Morgan fingerprint density at radius 3 is 2.73 bits per heavy atom. The molecule has 110 valence electrons. The molecule has 0 radical (unpaired) electrons. The van der Waals surface area contributed by atoms with Gasteiger partial charge in [-0.15, -0.1) is 0 Å². The lowest BCUT2D eigenvalue weighted by atomic mass is 10.3. The van der Waals surface area contributed by atoms with E-state index in [1.807, 2.05) is 37.3 Å². The van der Waals surface area contributed by atoms with E-state index >= 15 is 0 Å². The number of hydrogen-bond donors (Lipinski definition) is 0. The van der Waals surface area contributed by atoms with Gasteiger partial charge in [0.05, 0.1) is 4.90 Å². The lowest BCUT2D eigenvalue weighted by molar-refractivity contribution is -0.607. The van der Waals surface area contributed by atoms with Crippen LogP contribution < -0.4 is 9.47 Å². The lowest BCUT2D eigenvalue weighted by Crippen LogP contribution is -2.24. The minimum atomic E-state index is 0.442. The fourth-order valence-corrected chi connectivity index (χ4v) is 2.67. The Morgan fingerprint density at radius 2 is 1.95 bits per heavy atom. The van der Waals surface area contributed by atoms with Crippen LogP contribution >= 0.6 is 11.8 Å². The summed E-state index contributed by atoms with van der Waals surface area (Å²) < 4.78 is 6.42. The van der Waals surface area contributed by atoms with Gasteiger partial charge in [-0.25, -0.2) is 9.97 Å². The zero-order chi connectivity index (χ0) is 15.4. The monoisotopic (exact) mass is 311 g/mol. The Balaban J connectivity index is 1.85. The number of aryl methyl sites for hydroxylation is 1. The van der Waals surface area contributed by atoms with Crippen LogP contribution in [0.4, 0.5) is 0 Å². The van der Waals surface area contributed by atoms with Gasteiger partial charge in [-0.2, -0.15) is 4.73 Å². The Hall–Kier alpha value is -2.60. The molecular weight excluding hydrogens is 298 g/mol. The van der Waals surface area contributed by atoms with E-state index in [1.54, 1.807) is 18.5 Å². The summed E-state index contributed by atoms with van der Waals surface area (Å²) >= 11 is 1.40. The molecule has 3 heterocycles. The molecule has 22 heavy (non-hydrogen) atoms. The molecule has 0 atom stereocenters. The Morgan fingerprint density at radius 1 is 1.09 bits per heavy atom. The van der Waals surface area contributed by atoms with Gasteiger partial charge in [-0.1, -0.05) is 23.9 Å². The van der Waals surface area contributed by atoms with Gasteiger partial charge >= 0.3 is 0 Å². The van der Waals surface area contributed by atoms with Gasteiger partial charge in [-0.05, 0) is 25.1 Å². The Labute approximate surface area is 132 Å². The van der Waals surface area contributed by atoms with Crippen LogP contribution in [0.2, 0.25) is 0 Å². The molecule has 0 aromatic carbocycles. The predicted octanol–water partition coefficient (Wildman–Crippen LogP) is 3.36. The van der Waals surface area contributed by atoms with Crippen molar-refractivity contribution in [3.63, 3.8) is 0 Å². The van der Waals surface area contributed by atoms with Gasteiger partial charge in [0.1, 0.15) is 5.03 Å². The average molecular weight is 311 g/mol. The second kappa shape index (κ2) is 6.44. The highest BCUT2D eigenvalue weighted by Crippen LogP contribution is 2.29. The van der Waals surface area contributed by atoms with E-state index in [4.69, 9.17) is 4.74 Å². The second-order valence-corrected chi connectivity index (χ2v) is 5.66. The van der Waals surface area contributed by atoms with Crippen molar-refractivity contribution in [1.82, 2.24) is 9.97 Å². The third kappa shape index (κ3) is 3.53. The summed E-state index contributed by atoms with van der Waals surface area (Å²) in [5.74, 6) is 0.931. The van der Waals surface area contributed by atoms with E-state index in [2.05, 4.69) is 9.97 Å². The van der Waals surface area contributed by atoms with Gasteiger partial charge in [0, 0.05) is 24.0 Å². The Bertz CT molecular complexity index is 781. The highest BCUT2D eigenvalue weighted by atomic mass is 32.2. The van der Waals surface area contributed by atoms with Crippen LogP contribution in [-0.4, -0.2) is 9.97 Å². The zero-order valence-corrected chi connectivity index (χ0v) is 12.7. The SMILES string of the molecule is Cc1cccnc1Oc1cc(Sc2ccccn2)c[n+]([O-])c1. The maximum absolute atomic E-state index is 11.8. The molecule has 0 amide bonds. The summed E-state index contributed by atoms with van der Waals surface area (Å²) in [7, 11) is 0. The van der Waals surface area contributed by atoms with E-state index in [9.17, 15) is 5.21 Å². The van der Waals surface area contributed by atoms with Gasteiger partial charge in [0.25, 0.3) is 0 Å². The van der Waals surface area contributed by atoms with E-state index in [-0.39, 0.29) is 0 Å². The zero-order valence-electron chi connectivity index (χ0n) is 11.8. The smallest absolute Gasteiger partial charge is 0.223 e. The normalized spacial score (nSPS) is 10.4. The highest BCUT2D eigenvalue weighted by Gasteiger charge is 2.09. The fraction of sp³-hybridized carbons (Fsp3) is 0.0625. The van der Waals surface area contributed by atoms with Gasteiger partial charge < -0.3 is 9.94 Å². The molecule has 0 saturated carbocycles. The molecule has 3 rings (SSSR count). The standard InChI is InChI=1S/C16H13N3O2S/c1-12-5-4-8-18-16(12)21-13-9-14(11-19(20)10-13)22-15-6-2-3-7-17-15/h2-11H,1H3. The van der Waals surface area contributed by atoms with Crippen molar-refractivity contribution in [3.05, 3.63) is 72.0 Å². The van der Waals surface area contributed by atoms with Crippen molar-refractivity contribution >= 4 is 11.8 Å². The number of hydrogen-bond acceptors (Lipinski definition) is 5. The minimum Gasteiger partial charge on any atom is -0.619 e. The number of rotatable bonds is 4. The molecule has 3 aromatic rings. The summed E-state index contributed by atoms with van der Waals surface area (Å²) in [5, 5.41) is 12.6. The van der Waals surface area contributed by atoms with Crippen LogP contribution in [-0.2, 0) is 0 Å². The first-order chi connectivity index (χ1) is 10.7. The molecule has 0 unspecified atom stereocenters. The summed E-state index contributed by atoms with van der Waals surface area (Å²) in [6.45, 7) is 1.90. The number of nitrogens with zero attached hydrogens (tertiary/aromatic N) is 3. The Kier molecular flexibility index (Phi) is 4.20. The molecule has 6 heteroatoms. The third-order valence-corrected chi connectivity index (χ3v) is 3.74. The van der Waals surface area contributed by atoms with Crippen molar-refractivity contribution in [2.45, 2.75) is 16.8 Å². The van der Waals surface area contributed by atoms with Crippen LogP contribution in [0.15, 0.2) is 71.1 Å². The van der Waals surface area contributed by atoms with Crippen LogP contribution in [0.3, 0.4) is 0 Å². The van der Waals surface area contributed by atoms with Crippen molar-refractivity contribution in [3.8, 4) is 11.6 Å². The largest absolute Gasteiger partial charge is 0.619 e.